The molecule has 3 atom stereocenters. The zero-order valence-corrected chi connectivity index (χ0v) is 11.5. The first-order chi connectivity index (χ1) is 8.90. The van der Waals surface area contributed by atoms with Crippen LogP contribution in [0.15, 0.2) is 0 Å². The molecule has 0 saturated carbocycles. The number of hydrogen-bond donors (Lipinski definition) is 2. The Morgan fingerprint density at radius 3 is 2.74 bits per heavy atom. The number of carboxylic acids is 1. The van der Waals surface area contributed by atoms with E-state index in [2.05, 4.69) is 5.32 Å². The van der Waals surface area contributed by atoms with Crippen molar-refractivity contribution in [2.75, 3.05) is 19.6 Å². The van der Waals surface area contributed by atoms with Crippen molar-refractivity contribution < 1.29 is 19.4 Å². The standard InChI is InChI=1S/C13H22N2O4/c1-9-3-4-10(19-9)7-14-12(18)15-6-5-13(2,8-15)11(16)17/h9-10H,3-8H2,1-2H3,(H,14,18)(H,16,17). The summed E-state index contributed by atoms with van der Waals surface area (Å²) in [5.41, 5.74) is -0.810. The van der Waals surface area contributed by atoms with Crippen LogP contribution in [0, 0.1) is 5.41 Å². The van der Waals surface area contributed by atoms with Crippen molar-refractivity contribution in [2.24, 2.45) is 5.41 Å². The first-order valence-corrected chi connectivity index (χ1v) is 6.82. The van der Waals surface area contributed by atoms with E-state index < -0.39 is 11.4 Å². The molecule has 19 heavy (non-hydrogen) atoms. The van der Waals surface area contributed by atoms with E-state index in [0.717, 1.165) is 12.8 Å². The van der Waals surface area contributed by atoms with Crippen molar-refractivity contribution in [1.29, 1.82) is 0 Å². The van der Waals surface area contributed by atoms with Crippen LogP contribution in [0.2, 0.25) is 0 Å². The number of hydrogen-bond acceptors (Lipinski definition) is 3. The number of rotatable bonds is 3. The molecule has 2 rings (SSSR count). The molecule has 6 heteroatoms. The van der Waals surface area contributed by atoms with Crippen molar-refractivity contribution in [1.82, 2.24) is 10.2 Å². The fourth-order valence-corrected chi connectivity index (χ4v) is 2.66. The van der Waals surface area contributed by atoms with Crippen molar-refractivity contribution in [3.63, 3.8) is 0 Å². The summed E-state index contributed by atoms with van der Waals surface area (Å²) in [7, 11) is 0. The van der Waals surface area contributed by atoms with Crippen LogP contribution < -0.4 is 5.32 Å². The topological polar surface area (TPSA) is 78.9 Å². The molecule has 2 aliphatic rings. The predicted octanol–water partition coefficient (Wildman–Crippen LogP) is 1.06. The molecule has 0 spiro atoms. The molecule has 0 radical (unpaired) electrons. The summed E-state index contributed by atoms with van der Waals surface area (Å²) in [6.45, 7) is 4.99. The molecule has 2 fully saturated rings. The Labute approximate surface area is 113 Å². The quantitative estimate of drug-likeness (QED) is 0.803. The number of nitrogens with zero attached hydrogens (tertiary/aromatic N) is 1. The molecule has 0 aromatic heterocycles. The van der Waals surface area contributed by atoms with Crippen molar-refractivity contribution in [2.45, 2.75) is 45.3 Å². The van der Waals surface area contributed by atoms with E-state index >= 15 is 0 Å². The van der Waals surface area contributed by atoms with E-state index in [1.807, 2.05) is 6.92 Å². The van der Waals surface area contributed by atoms with E-state index in [9.17, 15) is 9.59 Å². The van der Waals surface area contributed by atoms with Crippen LogP contribution in [-0.2, 0) is 9.53 Å². The lowest BCUT2D eigenvalue weighted by Gasteiger charge is -2.21. The Kier molecular flexibility index (Phi) is 3.99. The number of nitrogens with one attached hydrogen (secondary N) is 1. The van der Waals surface area contributed by atoms with Crippen LogP contribution in [0.4, 0.5) is 4.79 Å². The van der Waals surface area contributed by atoms with Gasteiger partial charge in [0.15, 0.2) is 0 Å². The molecule has 3 unspecified atom stereocenters. The zero-order valence-electron chi connectivity index (χ0n) is 11.5. The fourth-order valence-electron chi connectivity index (χ4n) is 2.66. The molecule has 0 aromatic rings. The van der Waals surface area contributed by atoms with Gasteiger partial charge in [0.05, 0.1) is 17.6 Å². The van der Waals surface area contributed by atoms with Gasteiger partial charge in [0.25, 0.3) is 0 Å². The highest BCUT2D eigenvalue weighted by molar-refractivity contribution is 5.79. The summed E-state index contributed by atoms with van der Waals surface area (Å²) >= 11 is 0. The molecule has 108 valence electrons. The van der Waals surface area contributed by atoms with Crippen LogP contribution >= 0.6 is 0 Å². The van der Waals surface area contributed by atoms with Crippen molar-refractivity contribution >= 4 is 12.0 Å². The average molecular weight is 270 g/mol. The minimum absolute atomic E-state index is 0.0902. The Morgan fingerprint density at radius 1 is 1.47 bits per heavy atom. The van der Waals surface area contributed by atoms with Crippen LogP contribution in [0.5, 0.6) is 0 Å². The zero-order chi connectivity index (χ0) is 14.0. The summed E-state index contributed by atoms with van der Waals surface area (Å²) in [4.78, 5) is 24.7. The molecule has 2 aliphatic heterocycles. The Hall–Kier alpha value is -1.30. The van der Waals surface area contributed by atoms with Gasteiger partial charge in [-0.15, -0.1) is 0 Å². The van der Waals surface area contributed by atoms with E-state index in [1.165, 1.54) is 0 Å². The summed E-state index contributed by atoms with van der Waals surface area (Å²) in [6.07, 6.45) is 2.86. The normalized spacial score (nSPS) is 34.5. The average Bonchev–Trinajstić information content (AvgIpc) is 2.94. The molecule has 0 aromatic carbocycles. The van der Waals surface area contributed by atoms with E-state index in [-0.39, 0.29) is 24.8 Å². The third kappa shape index (κ3) is 3.18. The Balaban J connectivity index is 1.77. The second-order valence-electron chi connectivity index (χ2n) is 5.87. The number of aliphatic carboxylic acids is 1. The first kappa shape index (κ1) is 14.1. The molecule has 0 bridgehead atoms. The molecule has 2 saturated heterocycles. The van der Waals surface area contributed by atoms with Crippen LogP contribution in [0.1, 0.15) is 33.1 Å². The van der Waals surface area contributed by atoms with Crippen LogP contribution in [-0.4, -0.2) is 53.8 Å². The number of carbonyl (C=O) groups is 2. The number of ether oxygens (including phenoxy) is 1. The lowest BCUT2D eigenvalue weighted by molar-refractivity contribution is -0.147. The number of amides is 2. The Bertz CT molecular complexity index is 374. The first-order valence-electron chi connectivity index (χ1n) is 6.82. The van der Waals surface area contributed by atoms with Gasteiger partial charge in [-0.3, -0.25) is 4.79 Å². The van der Waals surface area contributed by atoms with Gasteiger partial charge in [0, 0.05) is 19.6 Å². The maximum atomic E-state index is 12.0. The SMILES string of the molecule is CC1CCC(CNC(=O)N2CCC(C)(C(=O)O)C2)O1. The summed E-state index contributed by atoms with van der Waals surface area (Å²) in [6, 6.07) is -0.187. The maximum absolute atomic E-state index is 12.0. The van der Waals surface area contributed by atoms with Gasteiger partial charge in [-0.2, -0.15) is 0 Å². The van der Waals surface area contributed by atoms with Gasteiger partial charge in [-0.25, -0.2) is 4.79 Å². The van der Waals surface area contributed by atoms with Crippen LogP contribution in [0.25, 0.3) is 0 Å². The van der Waals surface area contributed by atoms with Crippen LogP contribution in [0.3, 0.4) is 0 Å². The molecule has 0 aliphatic carbocycles. The number of carboxylic acid groups (broad SMARTS) is 1. The van der Waals surface area contributed by atoms with Gasteiger partial charge in [-0.1, -0.05) is 0 Å². The van der Waals surface area contributed by atoms with E-state index in [4.69, 9.17) is 9.84 Å². The highest BCUT2D eigenvalue weighted by atomic mass is 16.5. The third-order valence-corrected chi connectivity index (χ3v) is 4.08. The highest BCUT2D eigenvalue weighted by Gasteiger charge is 2.42. The second-order valence-corrected chi connectivity index (χ2v) is 5.87. The molecule has 6 nitrogen and oxygen atoms in total. The lowest BCUT2D eigenvalue weighted by Crippen LogP contribution is -2.43. The molecular weight excluding hydrogens is 248 g/mol. The summed E-state index contributed by atoms with van der Waals surface area (Å²) < 4.78 is 5.63. The third-order valence-electron chi connectivity index (χ3n) is 4.08. The van der Waals surface area contributed by atoms with Crippen molar-refractivity contribution in [3.05, 3.63) is 0 Å². The second kappa shape index (κ2) is 5.36. The fraction of sp³-hybridized carbons (Fsp3) is 0.846. The number of urea groups is 1. The Morgan fingerprint density at radius 2 is 2.21 bits per heavy atom. The van der Waals surface area contributed by atoms with Gasteiger partial charge in [-0.05, 0) is 33.1 Å². The minimum Gasteiger partial charge on any atom is -0.481 e. The lowest BCUT2D eigenvalue weighted by atomic mass is 9.90. The van der Waals surface area contributed by atoms with Gasteiger partial charge < -0.3 is 20.1 Å². The summed E-state index contributed by atoms with van der Waals surface area (Å²) in [5.74, 6) is -0.837. The number of carbonyl (C=O) groups excluding carboxylic acids is 1. The maximum Gasteiger partial charge on any atom is 0.317 e. The molecule has 2 heterocycles. The molecular formula is C13H22N2O4. The van der Waals surface area contributed by atoms with E-state index in [0.29, 0.717) is 19.5 Å². The minimum atomic E-state index is -0.837. The summed E-state index contributed by atoms with van der Waals surface area (Å²) in [5, 5.41) is 12.0. The molecule has 2 amide bonds. The largest absolute Gasteiger partial charge is 0.481 e. The van der Waals surface area contributed by atoms with E-state index in [1.54, 1.807) is 11.8 Å². The van der Waals surface area contributed by atoms with Crippen molar-refractivity contribution in [3.8, 4) is 0 Å². The predicted molar refractivity (Wildman–Crippen MR) is 68.9 cm³/mol. The monoisotopic (exact) mass is 270 g/mol. The number of likely N-dealkylation sites (tertiary alicyclic amines) is 1. The van der Waals surface area contributed by atoms with Gasteiger partial charge in [0.2, 0.25) is 0 Å². The highest BCUT2D eigenvalue weighted by Crippen LogP contribution is 2.30. The smallest absolute Gasteiger partial charge is 0.317 e. The van der Waals surface area contributed by atoms with Gasteiger partial charge >= 0.3 is 12.0 Å². The molecule has 2 N–H and O–H groups in total. The van der Waals surface area contributed by atoms with Gasteiger partial charge in [0.1, 0.15) is 0 Å².